The monoisotopic (exact) mass is 412 g/mol. The van der Waals surface area contributed by atoms with Crippen LogP contribution in [0.25, 0.3) is 21.6 Å². The van der Waals surface area contributed by atoms with Crippen LogP contribution < -0.4 is 10.6 Å². The molecule has 3 aromatic rings. The Balaban J connectivity index is 1.90. The first-order valence-corrected chi connectivity index (χ1v) is 10.3. The zero-order chi connectivity index (χ0) is 20.6. The number of nitrogens with zero attached hydrogens (tertiary/aromatic N) is 5. The molecular weight excluding hydrogens is 388 g/mol. The Labute approximate surface area is 173 Å². The zero-order valence-electron chi connectivity index (χ0n) is 16.7. The van der Waals surface area contributed by atoms with Crippen LogP contribution >= 0.6 is 11.3 Å². The molecule has 0 radical (unpaired) electrons. The number of aromatic nitrogens is 3. The second-order valence-electron chi connectivity index (χ2n) is 7.37. The van der Waals surface area contributed by atoms with Crippen LogP contribution in [0.1, 0.15) is 25.6 Å². The van der Waals surface area contributed by atoms with Crippen molar-refractivity contribution in [3.8, 4) is 11.4 Å². The second kappa shape index (κ2) is 7.66. The number of hydrogen-bond acceptors (Lipinski definition) is 9. The number of anilines is 2. The van der Waals surface area contributed by atoms with Gasteiger partial charge in [-0.15, -0.1) is 11.3 Å². The minimum Gasteiger partial charge on any atom is -0.385 e. The minimum atomic E-state index is -0.945. The Bertz CT molecular complexity index is 1070. The van der Waals surface area contributed by atoms with Crippen molar-refractivity contribution < 1.29 is 9.84 Å². The molecule has 1 fully saturated rings. The molecule has 0 unspecified atom stereocenters. The highest BCUT2D eigenvalue weighted by molar-refractivity contribution is 7.19. The molecule has 0 amide bonds. The summed E-state index contributed by atoms with van der Waals surface area (Å²) in [6.07, 6.45) is 3.34. The molecule has 3 aromatic heterocycles. The molecule has 0 atom stereocenters. The van der Waals surface area contributed by atoms with Gasteiger partial charge in [-0.1, -0.05) is 0 Å². The van der Waals surface area contributed by atoms with Crippen LogP contribution in [0, 0.1) is 0 Å². The summed E-state index contributed by atoms with van der Waals surface area (Å²) in [6, 6.07) is 3.78. The Morgan fingerprint density at radius 1 is 1.28 bits per heavy atom. The summed E-state index contributed by atoms with van der Waals surface area (Å²) in [5.41, 5.74) is 7.12. The van der Waals surface area contributed by atoms with Crippen molar-refractivity contribution in [1.82, 2.24) is 15.0 Å². The van der Waals surface area contributed by atoms with Crippen molar-refractivity contribution in [1.29, 1.82) is 0 Å². The maximum absolute atomic E-state index is 10.5. The summed E-state index contributed by atoms with van der Waals surface area (Å²) in [5.74, 6) is 1.77. The van der Waals surface area contributed by atoms with Crippen molar-refractivity contribution in [2.75, 3.05) is 36.9 Å². The highest BCUT2D eigenvalue weighted by atomic mass is 32.1. The van der Waals surface area contributed by atoms with E-state index in [4.69, 9.17) is 20.4 Å². The van der Waals surface area contributed by atoms with Gasteiger partial charge in [-0.3, -0.25) is 4.99 Å². The van der Waals surface area contributed by atoms with E-state index in [1.54, 1.807) is 26.3 Å². The summed E-state index contributed by atoms with van der Waals surface area (Å²) in [6.45, 7) is 8.21. The molecule has 0 aliphatic carbocycles. The lowest BCUT2D eigenvalue weighted by Gasteiger charge is -2.28. The van der Waals surface area contributed by atoms with Crippen LogP contribution in [-0.2, 0) is 10.3 Å². The molecule has 1 aliphatic heterocycles. The first kappa shape index (κ1) is 19.7. The van der Waals surface area contributed by atoms with Crippen molar-refractivity contribution in [3.63, 3.8) is 0 Å². The first-order chi connectivity index (χ1) is 13.9. The molecule has 152 valence electrons. The third kappa shape index (κ3) is 3.93. The molecular formula is C20H24N6O2S. The summed E-state index contributed by atoms with van der Waals surface area (Å²) in [7, 11) is 0. The normalized spacial score (nSPS) is 15.5. The van der Waals surface area contributed by atoms with Gasteiger partial charge >= 0.3 is 0 Å². The van der Waals surface area contributed by atoms with E-state index >= 15 is 0 Å². The van der Waals surface area contributed by atoms with Gasteiger partial charge in [0, 0.05) is 35.9 Å². The SMILES string of the molecule is CC=Nc1cc(-c2nc(N3CCOCC3)c3sc(C(C)(C)O)cc3n2)cnc1N. The second-order valence-corrected chi connectivity index (χ2v) is 8.42. The van der Waals surface area contributed by atoms with E-state index in [-0.39, 0.29) is 0 Å². The highest BCUT2D eigenvalue weighted by Gasteiger charge is 2.24. The number of aliphatic hydroxyl groups is 1. The van der Waals surface area contributed by atoms with Crippen molar-refractivity contribution in [2.24, 2.45) is 4.99 Å². The van der Waals surface area contributed by atoms with Crippen LogP contribution in [0.4, 0.5) is 17.3 Å². The average molecular weight is 413 g/mol. The van der Waals surface area contributed by atoms with E-state index < -0.39 is 5.60 Å². The van der Waals surface area contributed by atoms with Gasteiger partial charge in [0.25, 0.3) is 0 Å². The fourth-order valence-corrected chi connectivity index (χ4v) is 4.28. The highest BCUT2D eigenvalue weighted by Crippen LogP contribution is 2.38. The summed E-state index contributed by atoms with van der Waals surface area (Å²) < 4.78 is 6.46. The third-order valence-corrected chi connectivity index (χ3v) is 6.12. The first-order valence-electron chi connectivity index (χ1n) is 9.48. The number of hydrogen-bond donors (Lipinski definition) is 2. The van der Waals surface area contributed by atoms with E-state index in [1.165, 1.54) is 11.3 Å². The van der Waals surface area contributed by atoms with Gasteiger partial charge in [0.05, 0.1) is 29.0 Å². The molecule has 0 bridgehead atoms. The number of thiophene rings is 1. The number of ether oxygens (including phenoxy) is 1. The van der Waals surface area contributed by atoms with E-state index in [0.29, 0.717) is 30.5 Å². The number of nitrogens with two attached hydrogens (primary N) is 1. The minimum absolute atomic E-state index is 0.362. The number of nitrogen functional groups attached to an aromatic ring is 1. The molecule has 0 spiro atoms. The van der Waals surface area contributed by atoms with Gasteiger partial charge in [0.15, 0.2) is 11.6 Å². The van der Waals surface area contributed by atoms with E-state index in [9.17, 15) is 5.11 Å². The van der Waals surface area contributed by atoms with Crippen molar-refractivity contribution in [3.05, 3.63) is 23.2 Å². The number of pyridine rings is 1. The predicted molar refractivity (Wildman–Crippen MR) is 117 cm³/mol. The topological polar surface area (TPSA) is 110 Å². The lowest BCUT2D eigenvalue weighted by molar-refractivity contribution is 0.0826. The number of aliphatic imine (C=N–C) groups is 1. The van der Waals surface area contributed by atoms with Gasteiger partial charge in [-0.05, 0) is 32.9 Å². The maximum atomic E-state index is 10.5. The lowest BCUT2D eigenvalue weighted by Crippen LogP contribution is -2.36. The Morgan fingerprint density at radius 3 is 2.72 bits per heavy atom. The molecule has 1 saturated heterocycles. The fraction of sp³-hybridized carbons (Fsp3) is 0.400. The summed E-state index contributed by atoms with van der Waals surface area (Å²) in [4.78, 5) is 21.2. The number of rotatable bonds is 4. The van der Waals surface area contributed by atoms with Crippen LogP contribution in [0.5, 0.6) is 0 Å². The molecule has 9 heteroatoms. The van der Waals surface area contributed by atoms with E-state index in [1.807, 2.05) is 19.1 Å². The molecule has 0 saturated carbocycles. The van der Waals surface area contributed by atoms with Crippen LogP contribution in [0.3, 0.4) is 0 Å². The molecule has 4 rings (SSSR count). The van der Waals surface area contributed by atoms with Crippen molar-refractivity contribution >= 4 is 45.1 Å². The Hall–Kier alpha value is -2.62. The molecule has 4 heterocycles. The predicted octanol–water partition coefficient (Wildman–Crippen LogP) is 3.12. The average Bonchev–Trinajstić information content (AvgIpc) is 3.14. The van der Waals surface area contributed by atoms with Gasteiger partial charge in [-0.2, -0.15) is 0 Å². The number of fused-ring (bicyclic) bond motifs is 1. The van der Waals surface area contributed by atoms with Gasteiger partial charge < -0.3 is 20.5 Å². The molecule has 0 aromatic carbocycles. The van der Waals surface area contributed by atoms with Crippen LogP contribution in [0.15, 0.2) is 23.3 Å². The molecule has 8 nitrogen and oxygen atoms in total. The summed E-state index contributed by atoms with van der Waals surface area (Å²) in [5, 5.41) is 10.5. The van der Waals surface area contributed by atoms with Crippen LogP contribution in [-0.4, -0.2) is 52.6 Å². The lowest BCUT2D eigenvalue weighted by atomic mass is 10.1. The molecule has 3 N–H and O–H groups in total. The third-order valence-electron chi connectivity index (χ3n) is 4.69. The van der Waals surface area contributed by atoms with Crippen LogP contribution in [0.2, 0.25) is 0 Å². The van der Waals surface area contributed by atoms with E-state index in [0.717, 1.165) is 39.6 Å². The van der Waals surface area contributed by atoms with E-state index in [2.05, 4.69) is 14.9 Å². The molecule has 29 heavy (non-hydrogen) atoms. The van der Waals surface area contributed by atoms with Gasteiger partial charge in [-0.25, -0.2) is 15.0 Å². The smallest absolute Gasteiger partial charge is 0.163 e. The summed E-state index contributed by atoms with van der Waals surface area (Å²) >= 11 is 1.53. The Morgan fingerprint density at radius 2 is 2.03 bits per heavy atom. The zero-order valence-corrected chi connectivity index (χ0v) is 17.5. The number of morpholine rings is 1. The quantitative estimate of drug-likeness (QED) is 0.634. The van der Waals surface area contributed by atoms with Gasteiger partial charge in [0.1, 0.15) is 11.5 Å². The Kier molecular flexibility index (Phi) is 5.20. The largest absolute Gasteiger partial charge is 0.385 e. The maximum Gasteiger partial charge on any atom is 0.163 e. The fourth-order valence-electron chi connectivity index (χ4n) is 3.16. The van der Waals surface area contributed by atoms with Gasteiger partial charge in [0.2, 0.25) is 0 Å². The standard InChI is InChI=1S/C20H24N6O2S/c1-4-22-14-9-12(11-23-17(14)21)18-24-13-10-15(20(2,3)27)29-16(13)19(25-18)26-5-7-28-8-6-26/h4,9-11,27H,5-8H2,1-3H3,(H2,21,23). The van der Waals surface area contributed by atoms with Crippen molar-refractivity contribution in [2.45, 2.75) is 26.4 Å². The molecule has 1 aliphatic rings.